The summed E-state index contributed by atoms with van der Waals surface area (Å²) in [5, 5.41) is 2.61. The van der Waals surface area contributed by atoms with Crippen LogP contribution in [0.25, 0.3) is 0 Å². The summed E-state index contributed by atoms with van der Waals surface area (Å²) in [6, 6.07) is 4.62. The van der Waals surface area contributed by atoms with Crippen molar-refractivity contribution in [3.05, 3.63) is 29.6 Å². The highest BCUT2D eigenvalue weighted by molar-refractivity contribution is 5.91. The highest BCUT2D eigenvalue weighted by Gasteiger charge is 2.31. The monoisotopic (exact) mass is 280 g/mol. The SMILES string of the molecule is CCOC1CC(CC(=O)Nc2ccc(CN)cc2F)C1. The Morgan fingerprint density at radius 1 is 1.50 bits per heavy atom. The summed E-state index contributed by atoms with van der Waals surface area (Å²) in [6.07, 6.45) is 2.53. The largest absolute Gasteiger partial charge is 0.378 e. The van der Waals surface area contributed by atoms with Crippen molar-refractivity contribution in [2.75, 3.05) is 11.9 Å². The van der Waals surface area contributed by atoms with Gasteiger partial charge in [-0.2, -0.15) is 0 Å². The number of nitrogens with one attached hydrogen (secondary N) is 1. The molecule has 20 heavy (non-hydrogen) atoms. The van der Waals surface area contributed by atoms with E-state index in [1.54, 1.807) is 12.1 Å². The van der Waals surface area contributed by atoms with Crippen LogP contribution >= 0.6 is 0 Å². The lowest BCUT2D eigenvalue weighted by Crippen LogP contribution is -2.34. The predicted octanol–water partition coefficient (Wildman–Crippen LogP) is 2.43. The van der Waals surface area contributed by atoms with Crippen molar-refractivity contribution >= 4 is 11.6 Å². The molecule has 1 aromatic carbocycles. The molecule has 0 aliphatic heterocycles. The minimum atomic E-state index is -0.442. The molecule has 2 rings (SSSR count). The molecule has 0 spiro atoms. The van der Waals surface area contributed by atoms with Crippen LogP contribution in [0.5, 0.6) is 0 Å². The smallest absolute Gasteiger partial charge is 0.224 e. The van der Waals surface area contributed by atoms with Gasteiger partial charge in [-0.15, -0.1) is 0 Å². The Bertz CT molecular complexity index is 473. The third-order valence-corrected chi connectivity index (χ3v) is 3.61. The molecule has 0 saturated heterocycles. The van der Waals surface area contributed by atoms with E-state index in [-0.39, 0.29) is 18.1 Å². The second kappa shape index (κ2) is 6.81. The maximum Gasteiger partial charge on any atom is 0.224 e. The molecule has 0 atom stereocenters. The molecule has 1 fully saturated rings. The van der Waals surface area contributed by atoms with E-state index in [2.05, 4.69) is 5.32 Å². The van der Waals surface area contributed by atoms with Gasteiger partial charge < -0.3 is 15.8 Å². The van der Waals surface area contributed by atoms with Crippen molar-refractivity contribution in [1.82, 2.24) is 0 Å². The first kappa shape index (κ1) is 14.9. The Morgan fingerprint density at radius 2 is 2.25 bits per heavy atom. The second-order valence-corrected chi connectivity index (χ2v) is 5.19. The number of hydrogen-bond donors (Lipinski definition) is 2. The summed E-state index contributed by atoms with van der Waals surface area (Å²) in [7, 11) is 0. The number of ether oxygens (including phenoxy) is 1. The minimum Gasteiger partial charge on any atom is -0.378 e. The molecule has 1 saturated carbocycles. The van der Waals surface area contributed by atoms with Crippen LogP contribution in [0, 0.1) is 11.7 Å². The molecule has 110 valence electrons. The average Bonchev–Trinajstić information content (AvgIpc) is 2.38. The van der Waals surface area contributed by atoms with Crippen LogP contribution in [-0.4, -0.2) is 18.6 Å². The molecule has 1 aromatic rings. The highest BCUT2D eigenvalue weighted by atomic mass is 19.1. The molecule has 1 aliphatic carbocycles. The summed E-state index contributed by atoms with van der Waals surface area (Å²) in [4.78, 5) is 11.8. The van der Waals surface area contributed by atoms with Gasteiger partial charge in [0.2, 0.25) is 5.91 Å². The number of carbonyl (C=O) groups excluding carboxylic acids is 1. The van der Waals surface area contributed by atoms with E-state index < -0.39 is 5.82 Å². The zero-order valence-corrected chi connectivity index (χ0v) is 11.7. The van der Waals surface area contributed by atoms with Crippen molar-refractivity contribution in [3.8, 4) is 0 Å². The third kappa shape index (κ3) is 3.77. The van der Waals surface area contributed by atoms with Gasteiger partial charge >= 0.3 is 0 Å². The van der Waals surface area contributed by atoms with Gasteiger partial charge in [-0.1, -0.05) is 6.07 Å². The molecule has 5 heteroatoms. The Hall–Kier alpha value is -1.46. The second-order valence-electron chi connectivity index (χ2n) is 5.19. The minimum absolute atomic E-state index is 0.149. The summed E-state index contributed by atoms with van der Waals surface area (Å²) in [5.74, 6) is -0.246. The molecule has 0 unspecified atom stereocenters. The average molecular weight is 280 g/mol. The van der Waals surface area contributed by atoms with Gasteiger partial charge in [0.15, 0.2) is 0 Å². The summed E-state index contributed by atoms with van der Waals surface area (Å²) < 4.78 is 19.2. The van der Waals surface area contributed by atoms with Gasteiger partial charge in [0.05, 0.1) is 11.8 Å². The molecule has 0 bridgehead atoms. The Kier molecular flexibility index (Phi) is 5.09. The molecule has 3 N–H and O–H groups in total. The molecule has 0 radical (unpaired) electrons. The molecular weight excluding hydrogens is 259 g/mol. The van der Waals surface area contributed by atoms with Gasteiger partial charge in [-0.3, -0.25) is 4.79 Å². The van der Waals surface area contributed by atoms with Gasteiger partial charge in [-0.05, 0) is 43.4 Å². The van der Waals surface area contributed by atoms with E-state index in [1.165, 1.54) is 6.07 Å². The van der Waals surface area contributed by atoms with Crippen LogP contribution in [0.2, 0.25) is 0 Å². The van der Waals surface area contributed by atoms with Crippen LogP contribution < -0.4 is 11.1 Å². The standard InChI is InChI=1S/C15H21FN2O2/c1-2-20-12-5-11(6-12)8-15(19)18-14-4-3-10(9-17)7-13(14)16/h3-4,7,11-12H,2,5-6,8-9,17H2,1H3,(H,18,19). The molecule has 1 amide bonds. The summed E-state index contributed by atoms with van der Waals surface area (Å²) in [6.45, 7) is 2.96. The molecule has 0 heterocycles. The van der Waals surface area contributed by atoms with Crippen molar-refractivity contribution in [1.29, 1.82) is 0 Å². The third-order valence-electron chi connectivity index (χ3n) is 3.61. The first-order chi connectivity index (χ1) is 9.62. The van der Waals surface area contributed by atoms with E-state index in [0.717, 1.165) is 12.8 Å². The lowest BCUT2D eigenvalue weighted by molar-refractivity contribution is -0.119. The Morgan fingerprint density at radius 3 is 2.85 bits per heavy atom. The fraction of sp³-hybridized carbons (Fsp3) is 0.533. The topological polar surface area (TPSA) is 64.3 Å². The number of nitrogens with two attached hydrogens (primary N) is 1. The van der Waals surface area contributed by atoms with Gasteiger partial charge in [0.25, 0.3) is 0 Å². The Labute approximate surface area is 118 Å². The zero-order chi connectivity index (χ0) is 14.5. The van der Waals surface area contributed by atoms with Crippen molar-refractivity contribution in [3.63, 3.8) is 0 Å². The number of hydrogen-bond acceptors (Lipinski definition) is 3. The van der Waals surface area contributed by atoms with Crippen molar-refractivity contribution in [2.24, 2.45) is 11.7 Å². The van der Waals surface area contributed by atoms with E-state index in [0.29, 0.717) is 30.6 Å². The Balaban J connectivity index is 1.80. The number of anilines is 1. The fourth-order valence-electron chi connectivity index (χ4n) is 2.46. The lowest BCUT2D eigenvalue weighted by atomic mass is 9.80. The first-order valence-electron chi connectivity index (χ1n) is 7.02. The molecule has 0 aromatic heterocycles. The number of halogens is 1. The summed E-state index contributed by atoms with van der Waals surface area (Å²) >= 11 is 0. The predicted molar refractivity (Wildman–Crippen MR) is 75.7 cm³/mol. The summed E-state index contributed by atoms with van der Waals surface area (Å²) in [5.41, 5.74) is 6.36. The van der Waals surface area contributed by atoms with Crippen molar-refractivity contribution in [2.45, 2.75) is 38.8 Å². The molecule has 4 nitrogen and oxygen atoms in total. The van der Waals surface area contributed by atoms with Gasteiger partial charge in [0.1, 0.15) is 5.82 Å². The number of benzene rings is 1. The molecular formula is C15H21FN2O2. The highest BCUT2D eigenvalue weighted by Crippen LogP contribution is 2.33. The van der Waals surface area contributed by atoms with E-state index in [9.17, 15) is 9.18 Å². The van der Waals surface area contributed by atoms with E-state index >= 15 is 0 Å². The first-order valence-corrected chi connectivity index (χ1v) is 7.02. The quantitative estimate of drug-likeness (QED) is 0.841. The number of amides is 1. The normalized spacial score (nSPS) is 21.4. The van der Waals surface area contributed by atoms with Crippen LogP contribution in [0.15, 0.2) is 18.2 Å². The maximum atomic E-state index is 13.7. The number of carbonyl (C=O) groups is 1. The van der Waals surface area contributed by atoms with E-state index in [1.807, 2.05) is 6.92 Å². The number of rotatable bonds is 6. The van der Waals surface area contributed by atoms with Crippen molar-refractivity contribution < 1.29 is 13.9 Å². The maximum absolute atomic E-state index is 13.7. The zero-order valence-electron chi connectivity index (χ0n) is 11.7. The lowest BCUT2D eigenvalue weighted by Gasteiger charge is -2.34. The van der Waals surface area contributed by atoms with Crippen LogP contribution in [-0.2, 0) is 16.1 Å². The van der Waals surface area contributed by atoms with Crippen LogP contribution in [0.3, 0.4) is 0 Å². The van der Waals surface area contributed by atoms with Crippen LogP contribution in [0.4, 0.5) is 10.1 Å². The fourth-order valence-corrected chi connectivity index (χ4v) is 2.46. The molecule has 1 aliphatic rings. The van der Waals surface area contributed by atoms with Crippen LogP contribution in [0.1, 0.15) is 31.7 Å². The van der Waals surface area contributed by atoms with Gasteiger partial charge in [0, 0.05) is 19.6 Å². The van der Waals surface area contributed by atoms with Gasteiger partial charge in [-0.25, -0.2) is 4.39 Å². The van der Waals surface area contributed by atoms with E-state index in [4.69, 9.17) is 10.5 Å².